The number of nitrogens with two attached hydrogens (primary N) is 1. The Bertz CT molecular complexity index is 763. The highest BCUT2D eigenvalue weighted by molar-refractivity contribution is 7.21. The maximum Gasteiger partial charge on any atom is 0.416 e. The van der Waals surface area contributed by atoms with Crippen molar-refractivity contribution >= 4 is 27.2 Å². The summed E-state index contributed by atoms with van der Waals surface area (Å²) in [5, 5.41) is 0.569. The van der Waals surface area contributed by atoms with E-state index in [9.17, 15) is 13.2 Å². The highest BCUT2D eigenvalue weighted by Gasteiger charge is 2.30. The van der Waals surface area contributed by atoms with Gasteiger partial charge < -0.3 is 5.73 Å². The van der Waals surface area contributed by atoms with Gasteiger partial charge in [-0.1, -0.05) is 0 Å². The van der Waals surface area contributed by atoms with Gasteiger partial charge in [-0.15, -0.1) is 11.3 Å². The van der Waals surface area contributed by atoms with Gasteiger partial charge in [0.2, 0.25) is 0 Å². The van der Waals surface area contributed by atoms with Crippen molar-refractivity contribution in [3.05, 3.63) is 42.1 Å². The Morgan fingerprint density at radius 3 is 2.55 bits per heavy atom. The summed E-state index contributed by atoms with van der Waals surface area (Å²) in [7, 11) is 0. The lowest BCUT2D eigenvalue weighted by molar-refractivity contribution is -0.137. The number of nitrogens with zero attached hydrogens (tertiary/aromatic N) is 2. The summed E-state index contributed by atoms with van der Waals surface area (Å²) in [5.74, 6) is 0. The van der Waals surface area contributed by atoms with Crippen LogP contribution in [0.4, 0.5) is 18.9 Å². The van der Waals surface area contributed by atoms with Crippen molar-refractivity contribution < 1.29 is 13.2 Å². The molecule has 0 amide bonds. The molecule has 2 N–H and O–H groups in total. The molecule has 0 aliphatic rings. The molecule has 3 aromatic rings. The lowest BCUT2D eigenvalue weighted by Gasteiger charge is -2.04. The molecule has 0 saturated heterocycles. The molecule has 2 heterocycles. The molecule has 3 nitrogen and oxygen atoms in total. The molecule has 3 rings (SSSR count). The molecule has 0 atom stereocenters. The lowest BCUT2D eigenvalue weighted by atomic mass is 10.2. The number of pyridine rings is 1. The predicted octanol–water partition coefficient (Wildman–Crippen LogP) is 3.96. The molecule has 7 heteroatoms. The molecule has 0 fully saturated rings. The fourth-order valence-electron chi connectivity index (χ4n) is 1.75. The van der Waals surface area contributed by atoms with Crippen LogP contribution in [-0.2, 0) is 6.18 Å². The van der Waals surface area contributed by atoms with E-state index < -0.39 is 11.7 Å². The van der Waals surface area contributed by atoms with Gasteiger partial charge in [0.1, 0.15) is 5.01 Å². The minimum absolute atomic E-state index is 0.318. The van der Waals surface area contributed by atoms with Gasteiger partial charge in [-0.2, -0.15) is 13.2 Å². The minimum atomic E-state index is -4.36. The zero-order chi connectivity index (χ0) is 14.3. The first-order valence-electron chi connectivity index (χ1n) is 5.63. The van der Waals surface area contributed by atoms with Gasteiger partial charge in [0.05, 0.1) is 33.4 Å². The Hall–Kier alpha value is -2.15. The fourth-order valence-corrected chi connectivity index (χ4v) is 2.67. The summed E-state index contributed by atoms with van der Waals surface area (Å²) in [5.41, 5.74) is 6.27. The van der Waals surface area contributed by atoms with Crippen LogP contribution in [0.25, 0.3) is 20.9 Å². The predicted molar refractivity (Wildman–Crippen MR) is 72.3 cm³/mol. The van der Waals surface area contributed by atoms with Crippen LogP contribution in [0.15, 0.2) is 36.5 Å². The first-order valence-corrected chi connectivity index (χ1v) is 6.45. The van der Waals surface area contributed by atoms with E-state index in [2.05, 4.69) is 9.97 Å². The first kappa shape index (κ1) is 12.9. The second-order valence-electron chi connectivity index (χ2n) is 4.18. The van der Waals surface area contributed by atoms with Gasteiger partial charge in [0, 0.05) is 0 Å². The molecular formula is C13H8F3N3S. The Balaban J connectivity index is 2.09. The number of thiazole rings is 1. The van der Waals surface area contributed by atoms with E-state index in [-0.39, 0.29) is 0 Å². The summed E-state index contributed by atoms with van der Waals surface area (Å²) < 4.78 is 38.6. The molecule has 102 valence electrons. The Labute approximate surface area is 115 Å². The van der Waals surface area contributed by atoms with Crippen LogP contribution in [0.2, 0.25) is 0 Å². The molecule has 0 radical (unpaired) electrons. The van der Waals surface area contributed by atoms with E-state index >= 15 is 0 Å². The monoisotopic (exact) mass is 295 g/mol. The lowest BCUT2D eigenvalue weighted by Crippen LogP contribution is -2.03. The Kier molecular flexibility index (Phi) is 2.86. The second-order valence-corrected chi connectivity index (χ2v) is 5.21. The summed E-state index contributed by atoms with van der Waals surface area (Å²) >= 11 is 1.29. The van der Waals surface area contributed by atoms with E-state index in [1.54, 1.807) is 12.1 Å². The summed E-state index contributed by atoms with van der Waals surface area (Å²) in [6.45, 7) is 0. The average molecular weight is 295 g/mol. The second kappa shape index (κ2) is 4.45. The number of halogens is 3. The number of fused-ring (bicyclic) bond motifs is 1. The highest BCUT2D eigenvalue weighted by atomic mass is 32.1. The third kappa shape index (κ3) is 2.32. The number of hydrogen-bond acceptors (Lipinski definition) is 4. The van der Waals surface area contributed by atoms with Crippen LogP contribution < -0.4 is 5.73 Å². The molecule has 20 heavy (non-hydrogen) atoms. The molecule has 0 unspecified atom stereocenters. The van der Waals surface area contributed by atoms with Crippen molar-refractivity contribution in [2.75, 3.05) is 5.73 Å². The molecule has 0 spiro atoms. The van der Waals surface area contributed by atoms with Crippen LogP contribution in [0.1, 0.15) is 5.56 Å². The van der Waals surface area contributed by atoms with Crippen LogP contribution in [0.5, 0.6) is 0 Å². The molecule has 1 aromatic carbocycles. The normalized spacial score (nSPS) is 11.9. The zero-order valence-corrected chi connectivity index (χ0v) is 10.8. The van der Waals surface area contributed by atoms with Crippen molar-refractivity contribution in [1.29, 1.82) is 0 Å². The Morgan fingerprint density at radius 2 is 1.90 bits per heavy atom. The average Bonchev–Trinajstić information content (AvgIpc) is 2.81. The van der Waals surface area contributed by atoms with Gasteiger partial charge >= 0.3 is 6.18 Å². The van der Waals surface area contributed by atoms with Gasteiger partial charge in [0.15, 0.2) is 0 Å². The molecule has 0 aliphatic carbocycles. The largest absolute Gasteiger partial charge is 0.416 e. The van der Waals surface area contributed by atoms with E-state index in [1.165, 1.54) is 23.6 Å². The molecule has 0 bridgehead atoms. The van der Waals surface area contributed by atoms with Crippen molar-refractivity contribution in [2.45, 2.75) is 6.18 Å². The van der Waals surface area contributed by atoms with Crippen LogP contribution in [-0.4, -0.2) is 9.97 Å². The van der Waals surface area contributed by atoms with Crippen molar-refractivity contribution in [1.82, 2.24) is 9.97 Å². The van der Waals surface area contributed by atoms with E-state index in [1.807, 2.05) is 0 Å². The van der Waals surface area contributed by atoms with Crippen molar-refractivity contribution in [3.8, 4) is 10.7 Å². The number of aromatic nitrogens is 2. The summed E-state index contributed by atoms with van der Waals surface area (Å²) in [4.78, 5) is 8.32. The van der Waals surface area contributed by atoms with Crippen molar-refractivity contribution in [2.24, 2.45) is 0 Å². The number of hydrogen-bond donors (Lipinski definition) is 1. The number of nitrogen functional groups attached to an aromatic ring is 1. The van der Waals surface area contributed by atoms with Crippen molar-refractivity contribution in [3.63, 3.8) is 0 Å². The zero-order valence-electron chi connectivity index (χ0n) is 9.98. The smallest absolute Gasteiger partial charge is 0.397 e. The summed E-state index contributed by atoms with van der Waals surface area (Å²) in [6.07, 6.45) is -2.88. The number of anilines is 1. The highest BCUT2D eigenvalue weighted by Crippen LogP contribution is 2.34. The number of rotatable bonds is 1. The van der Waals surface area contributed by atoms with Gasteiger partial charge in [0.25, 0.3) is 0 Å². The number of alkyl halides is 3. The SMILES string of the molecule is Nc1ccc(-c2nc3cc(C(F)(F)F)ccc3s2)nc1. The van der Waals surface area contributed by atoms with E-state index in [0.717, 1.165) is 12.1 Å². The summed E-state index contributed by atoms with van der Waals surface area (Å²) in [6, 6.07) is 6.90. The fraction of sp³-hybridized carbons (Fsp3) is 0.0769. The Morgan fingerprint density at radius 1 is 1.10 bits per heavy atom. The van der Waals surface area contributed by atoms with Gasteiger partial charge in [-0.25, -0.2) is 4.98 Å². The van der Waals surface area contributed by atoms with E-state index in [0.29, 0.717) is 26.6 Å². The van der Waals surface area contributed by atoms with Crippen LogP contribution >= 0.6 is 11.3 Å². The minimum Gasteiger partial charge on any atom is -0.397 e. The molecule has 0 saturated carbocycles. The van der Waals surface area contributed by atoms with E-state index in [4.69, 9.17) is 5.73 Å². The molecule has 2 aromatic heterocycles. The molecular weight excluding hydrogens is 287 g/mol. The molecule has 0 aliphatic heterocycles. The quantitative estimate of drug-likeness (QED) is 0.739. The topological polar surface area (TPSA) is 51.8 Å². The first-order chi connectivity index (χ1) is 9.43. The van der Waals surface area contributed by atoms with Crippen LogP contribution in [0, 0.1) is 0 Å². The maximum atomic E-state index is 12.6. The van der Waals surface area contributed by atoms with Gasteiger partial charge in [-0.05, 0) is 30.3 Å². The van der Waals surface area contributed by atoms with Crippen LogP contribution in [0.3, 0.4) is 0 Å². The van der Waals surface area contributed by atoms with Gasteiger partial charge in [-0.3, -0.25) is 4.98 Å². The third-order valence-corrected chi connectivity index (χ3v) is 3.78. The maximum absolute atomic E-state index is 12.6. The number of benzene rings is 1. The third-order valence-electron chi connectivity index (χ3n) is 2.72. The standard InChI is InChI=1S/C13H8F3N3S/c14-13(15,16)7-1-4-11-10(5-7)19-12(20-11)9-3-2-8(17)6-18-9/h1-6H,17H2.